The maximum atomic E-state index is 12.6. The molecule has 4 N–H and O–H groups in total. The van der Waals surface area contributed by atoms with Gasteiger partial charge in [-0.25, -0.2) is 0 Å². The monoisotopic (exact) mass is 425 g/mol. The molecule has 2 atom stereocenters. The Hall–Kier alpha value is -3.59. The van der Waals surface area contributed by atoms with E-state index in [-0.39, 0.29) is 10.6 Å². The summed E-state index contributed by atoms with van der Waals surface area (Å²) in [4.78, 5) is 24.7. The van der Waals surface area contributed by atoms with Gasteiger partial charge in [0.05, 0.1) is 28.3 Å². The summed E-state index contributed by atoms with van der Waals surface area (Å²) in [6.07, 6.45) is -0.601. The fourth-order valence-corrected chi connectivity index (χ4v) is 3.07. The van der Waals surface area contributed by atoms with E-state index in [2.05, 4.69) is 16.2 Å². The summed E-state index contributed by atoms with van der Waals surface area (Å²) in [5.74, 6) is -1.25. The van der Waals surface area contributed by atoms with Gasteiger partial charge < -0.3 is 10.4 Å². The molecular weight excluding hydrogens is 406 g/mol. The van der Waals surface area contributed by atoms with Gasteiger partial charge >= 0.3 is 0 Å². The Morgan fingerprint density at radius 3 is 2.30 bits per heavy atom. The number of aliphatic hydroxyl groups excluding tert-OH is 1. The molecule has 0 spiro atoms. The van der Waals surface area contributed by atoms with E-state index in [1.807, 2.05) is 19.1 Å². The maximum absolute atomic E-state index is 12.6. The average Bonchev–Trinajstić information content (AvgIpc) is 2.75. The van der Waals surface area contributed by atoms with E-state index in [0.717, 1.165) is 0 Å². The van der Waals surface area contributed by atoms with Crippen molar-refractivity contribution in [1.29, 1.82) is 10.5 Å². The van der Waals surface area contributed by atoms with Crippen molar-refractivity contribution in [1.82, 2.24) is 10.9 Å². The normalized spacial score (nSPS) is 12.1. The first-order chi connectivity index (χ1) is 14.3. The first-order valence-corrected chi connectivity index (χ1v) is 9.46. The predicted molar refractivity (Wildman–Crippen MR) is 111 cm³/mol. The van der Waals surface area contributed by atoms with Gasteiger partial charge in [-0.05, 0) is 55.3 Å². The number of hydrogen-bond acceptors (Lipinski definition) is 6. The molecular formula is C21H20ClN5O3. The number of amides is 2. The van der Waals surface area contributed by atoms with Gasteiger partial charge in [0, 0.05) is 11.3 Å². The van der Waals surface area contributed by atoms with Crippen LogP contribution in [-0.4, -0.2) is 29.1 Å². The zero-order chi connectivity index (χ0) is 22.3. The molecule has 0 aliphatic heterocycles. The lowest BCUT2D eigenvalue weighted by Gasteiger charge is -2.24. The highest BCUT2D eigenvalue weighted by atomic mass is 35.5. The van der Waals surface area contributed by atoms with Crippen molar-refractivity contribution in [3.05, 3.63) is 63.7 Å². The highest BCUT2D eigenvalue weighted by Gasteiger charge is 2.25. The molecule has 0 saturated carbocycles. The van der Waals surface area contributed by atoms with Crippen molar-refractivity contribution in [2.45, 2.75) is 32.4 Å². The number of nitriles is 2. The molecule has 8 nitrogen and oxygen atoms in total. The Bertz CT molecular complexity index is 1020. The first kappa shape index (κ1) is 22.7. The molecule has 0 aromatic heterocycles. The summed E-state index contributed by atoms with van der Waals surface area (Å²) in [7, 11) is 0. The molecule has 2 amide bonds. The number of anilines is 1. The summed E-state index contributed by atoms with van der Waals surface area (Å²) in [5, 5.41) is 31.2. The van der Waals surface area contributed by atoms with Gasteiger partial charge in [-0.2, -0.15) is 10.5 Å². The minimum atomic E-state index is -1.10. The first-order valence-electron chi connectivity index (χ1n) is 9.08. The fourth-order valence-electron chi connectivity index (χ4n) is 2.73. The van der Waals surface area contributed by atoms with Gasteiger partial charge in [0.2, 0.25) is 0 Å². The quantitative estimate of drug-likeness (QED) is 0.524. The van der Waals surface area contributed by atoms with E-state index >= 15 is 0 Å². The standard InChI is InChI=1S/C21H20ClN5O3/c1-3-16-17(9-8-15(11-24)18(16)22)25-19(12(2)28)21(30)27-26-20(29)14-6-4-13(10-23)5-7-14/h4-9,12,19,25,28H,3H2,1-2H3,(H,26,29)(H,27,30)/t12-,19-/m1/s1. The number of hydrogen-bond donors (Lipinski definition) is 4. The van der Waals surface area contributed by atoms with E-state index in [1.165, 1.54) is 37.3 Å². The Labute approximate surface area is 179 Å². The second-order valence-electron chi connectivity index (χ2n) is 6.41. The van der Waals surface area contributed by atoms with Crippen molar-refractivity contribution >= 4 is 29.1 Å². The number of nitrogens with zero attached hydrogens (tertiary/aromatic N) is 2. The molecule has 0 unspecified atom stereocenters. The largest absolute Gasteiger partial charge is 0.391 e. The highest BCUT2D eigenvalue weighted by Crippen LogP contribution is 2.29. The maximum Gasteiger partial charge on any atom is 0.269 e. The summed E-state index contributed by atoms with van der Waals surface area (Å²) in [5.41, 5.74) is 6.65. The molecule has 0 fully saturated rings. The lowest BCUT2D eigenvalue weighted by atomic mass is 10.0. The molecule has 0 bridgehead atoms. The van der Waals surface area contributed by atoms with Crippen LogP contribution in [0, 0.1) is 22.7 Å². The summed E-state index contributed by atoms with van der Waals surface area (Å²) < 4.78 is 0. The predicted octanol–water partition coefficient (Wildman–Crippen LogP) is 2.27. The van der Waals surface area contributed by atoms with Gasteiger partial charge in [0.25, 0.3) is 11.8 Å². The van der Waals surface area contributed by atoms with E-state index in [4.69, 9.17) is 22.1 Å². The van der Waals surface area contributed by atoms with Crippen molar-refractivity contribution in [3.8, 4) is 12.1 Å². The van der Waals surface area contributed by atoms with Crippen LogP contribution in [0.1, 0.15) is 40.9 Å². The molecule has 0 radical (unpaired) electrons. The minimum Gasteiger partial charge on any atom is -0.391 e. The van der Waals surface area contributed by atoms with Crippen LogP contribution in [0.4, 0.5) is 5.69 Å². The van der Waals surface area contributed by atoms with Gasteiger partial charge in [-0.1, -0.05) is 18.5 Å². The van der Waals surface area contributed by atoms with Crippen LogP contribution in [0.15, 0.2) is 36.4 Å². The Kier molecular flexibility index (Phi) is 7.76. The van der Waals surface area contributed by atoms with Crippen molar-refractivity contribution < 1.29 is 14.7 Å². The van der Waals surface area contributed by atoms with Crippen LogP contribution in [0.3, 0.4) is 0 Å². The van der Waals surface area contributed by atoms with E-state index in [9.17, 15) is 14.7 Å². The third kappa shape index (κ3) is 5.26. The molecule has 0 aliphatic rings. The van der Waals surface area contributed by atoms with Crippen molar-refractivity contribution in [3.63, 3.8) is 0 Å². The van der Waals surface area contributed by atoms with Crippen LogP contribution in [0.5, 0.6) is 0 Å². The van der Waals surface area contributed by atoms with E-state index < -0.39 is 24.0 Å². The number of nitrogens with one attached hydrogen (secondary N) is 3. The minimum absolute atomic E-state index is 0.253. The highest BCUT2D eigenvalue weighted by molar-refractivity contribution is 6.33. The molecule has 2 aromatic rings. The number of hydrazine groups is 1. The number of rotatable bonds is 6. The van der Waals surface area contributed by atoms with Crippen LogP contribution in [0.25, 0.3) is 0 Å². The average molecular weight is 426 g/mol. The number of halogens is 1. The molecule has 0 heterocycles. The SMILES string of the molecule is CCc1c(N[C@@H](C(=O)NNC(=O)c2ccc(C#N)cc2)[C@@H](C)O)ccc(C#N)c1Cl. The number of aliphatic hydroxyl groups is 1. The fraction of sp³-hybridized carbons (Fsp3) is 0.238. The summed E-state index contributed by atoms with van der Waals surface area (Å²) in [6, 6.07) is 11.9. The van der Waals surface area contributed by atoms with Gasteiger partial charge in [0.1, 0.15) is 12.1 Å². The molecule has 9 heteroatoms. The lowest BCUT2D eigenvalue weighted by molar-refractivity contribution is -0.124. The molecule has 2 rings (SSSR count). The van der Waals surface area contributed by atoms with Crippen molar-refractivity contribution in [2.75, 3.05) is 5.32 Å². The molecule has 0 saturated heterocycles. The van der Waals surface area contributed by atoms with Crippen LogP contribution >= 0.6 is 11.6 Å². The van der Waals surface area contributed by atoms with Crippen LogP contribution < -0.4 is 16.2 Å². The van der Waals surface area contributed by atoms with Gasteiger partial charge in [-0.15, -0.1) is 0 Å². The zero-order valence-corrected chi connectivity index (χ0v) is 17.1. The Morgan fingerprint density at radius 1 is 1.10 bits per heavy atom. The van der Waals surface area contributed by atoms with Crippen molar-refractivity contribution in [2.24, 2.45) is 0 Å². The van der Waals surface area contributed by atoms with Gasteiger partial charge in [-0.3, -0.25) is 20.4 Å². The summed E-state index contributed by atoms with van der Waals surface area (Å²) in [6.45, 7) is 3.28. The third-order valence-corrected chi connectivity index (χ3v) is 4.80. The number of benzene rings is 2. The number of carbonyl (C=O) groups excluding carboxylic acids is 2. The Morgan fingerprint density at radius 2 is 1.77 bits per heavy atom. The summed E-state index contributed by atoms with van der Waals surface area (Å²) >= 11 is 6.25. The number of carbonyl (C=O) groups is 2. The van der Waals surface area contributed by atoms with Crippen LogP contribution in [-0.2, 0) is 11.2 Å². The second kappa shape index (κ2) is 10.3. The third-order valence-electron chi connectivity index (χ3n) is 4.37. The Balaban J connectivity index is 2.12. The van der Waals surface area contributed by atoms with E-state index in [1.54, 1.807) is 6.07 Å². The van der Waals surface area contributed by atoms with E-state index in [0.29, 0.717) is 28.8 Å². The topological polar surface area (TPSA) is 138 Å². The smallest absolute Gasteiger partial charge is 0.269 e. The molecule has 2 aromatic carbocycles. The molecule has 0 aliphatic carbocycles. The zero-order valence-electron chi connectivity index (χ0n) is 16.4. The van der Waals surface area contributed by atoms with Gasteiger partial charge in [0.15, 0.2) is 0 Å². The molecule has 30 heavy (non-hydrogen) atoms. The van der Waals surface area contributed by atoms with Crippen LogP contribution in [0.2, 0.25) is 5.02 Å². The molecule has 154 valence electrons. The lowest BCUT2D eigenvalue weighted by Crippen LogP contribution is -2.52. The second-order valence-corrected chi connectivity index (χ2v) is 6.79.